The van der Waals surface area contributed by atoms with Gasteiger partial charge in [0.15, 0.2) is 0 Å². The van der Waals surface area contributed by atoms with Gasteiger partial charge in [0.2, 0.25) is 5.91 Å². The molecule has 0 radical (unpaired) electrons. The second-order valence-electron chi connectivity index (χ2n) is 10.4. The molecule has 3 heterocycles. The molecule has 1 fully saturated rings. The molecule has 12 heteroatoms. The van der Waals surface area contributed by atoms with E-state index in [0.29, 0.717) is 76.4 Å². The predicted octanol–water partition coefficient (Wildman–Crippen LogP) is 5.06. The van der Waals surface area contributed by atoms with Crippen LogP contribution in [-0.4, -0.2) is 71.9 Å². The van der Waals surface area contributed by atoms with Crippen LogP contribution in [0.25, 0.3) is 10.9 Å². The Balaban J connectivity index is 1.43. The molecule has 1 unspecified atom stereocenters. The summed E-state index contributed by atoms with van der Waals surface area (Å²) in [6.07, 6.45) is 6.89. The number of carbonyl (C=O) groups excluding carboxylic acids is 1. The van der Waals surface area contributed by atoms with Crippen molar-refractivity contribution in [1.82, 2.24) is 14.9 Å². The van der Waals surface area contributed by atoms with Gasteiger partial charge < -0.3 is 34.9 Å². The fraction of sp³-hybridized carbons (Fsp3) is 0.273. The molecule has 2 aromatic heterocycles. The Morgan fingerprint density at radius 2 is 2.13 bits per heavy atom. The first-order chi connectivity index (χ1) is 21.9. The summed E-state index contributed by atoms with van der Waals surface area (Å²) in [5.41, 5.74) is 3.17. The van der Waals surface area contributed by atoms with Gasteiger partial charge in [-0.1, -0.05) is 23.7 Å². The van der Waals surface area contributed by atoms with E-state index in [1.165, 1.54) is 12.3 Å². The maximum Gasteiger partial charge on any atom is 0.248 e. The van der Waals surface area contributed by atoms with Crippen LogP contribution < -0.4 is 20.1 Å². The molecule has 1 saturated heterocycles. The first-order valence-corrected chi connectivity index (χ1v) is 14.8. The fourth-order valence-corrected chi connectivity index (χ4v) is 4.91. The number of pyridine rings is 2. The lowest BCUT2D eigenvalue weighted by Crippen LogP contribution is -2.22. The molecule has 0 saturated carbocycles. The Hall–Kier alpha value is -4.73. The highest BCUT2D eigenvalue weighted by molar-refractivity contribution is 6.32. The van der Waals surface area contributed by atoms with E-state index >= 15 is 0 Å². The molecule has 3 N–H and O–H groups in total. The number of halogens is 1. The van der Waals surface area contributed by atoms with Crippen molar-refractivity contribution in [1.29, 1.82) is 5.26 Å². The summed E-state index contributed by atoms with van der Waals surface area (Å²) in [6.45, 7) is 2.32. The molecule has 11 nitrogen and oxygen atoms in total. The van der Waals surface area contributed by atoms with Crippen LogP contribution in [0, 0.1) is 11.3 Å². The summed E-state index contributed by atoms with van der Waals surface area (Å²) >= 11 is 6.56. The number of aliphatic hydroxyl groups is 1. The molecule has 4 aromatic rings. The third-order valence-electron chi connectivity index (χ3n) is 7.00. The summed E-state index contributed by atoms with van der Waals surface area (Å²) in [5.74, 6) is 0.579. The van der Waals surface area contributed by atoms with Crippen LogP contribution in [0.5, 0.6) is 11.5 Å². The van der Waals surface area contributed by atoms with Gasteiger partial charge in [-0.25, -0.2) is 0 Å². The SMILES string of the molecule is CN(CC=CC(=O)Nc1cc2c(Nc3ccc(OCc4ccccn4)c(Cl)c3)c(C#N)cnc2cc1OC1CCOC1)CCO. The number of likely N-dealkylation sites (N-methyl/N-ethyl adjacent to an activating group) is 1. The molecule has 0 bridgehead atoms. The Morgan fingerprint density at radius 1 is 1.24 bits per heavy atom. The Labute approximate surface area is 266 Å². The number of ether oxygens (including phenoxy) is 3. The first-order valence-electron chi connectivity index (χ1n) is 14.4. The van der Waals surface area contributed by atoms with Crippen molar-refractivity contribution in [3.63, 3.8) is 0 Å². The van der Waals surface area contributed by atoms with Crippen molar-refractivity contribution < 1.29 is 24.1 Å². The highest BCUT2D eigenvalue weighted by Gasteiger charge is 2.21. The van der Waals surface area contributed by atoms with Crippen molar-refractivity contribution in [2.24, 2.45) is 0 Å². The molecule has 1 aliphatic rings. The Bertz CT molecular complexity index is 1710. The first kappa shape index (κ1) is 31.7. The molecule has 45 heavy (non-hydrogen) atoms. The number of aromatic nitrogens is 2. The number of nitriles is 1. The maximum absolute atomic E-state index is 12.9. The Kier molecular flexibility index (Phi) is 10.8. The summed E-state index contributed by atoms with van der Waals surface area (Å²) in [6, 6.07) is 16.5. The van der Waals surface area contributed by atoms with Crippen molar-refractivity contribution in [2.45, 2.75) is 19.1 Å². The van der Waals surface area contributed by atoms with Gasteiger partial charge in [-0.05, 0) is 43.4 Å². The van der Waals surface area contributed by atoms with Crippen molar-refractivity contribution in [2.75, 3.05) is 50.6 Å². The van der Waals surface area contributed by atoms with Gasteiger partial charge in [-0.2, -0.15) is 5.26 Å². The molecule has 0 aliphatic carbocycles. The number of nitrogens with zero attached hydrogens (tertiary/aromatic N) is 4. The maximum atomic E-state index is 12.9. The van der Waals surface area contributed by atoms with Crippen molar-refractivity contribution in [3.05, 3.63) is 89.4 Å². The minimum Gasteiger partial charge on any atom is -0.486 e. The number of hydrogen-bond acceptors (Lipinski definition) is 10. The second kappa shape index (κ2) is 15.3. The summed E-state index contributed by atoms with van der Waals surface area (Å²) in [4.78, 5) is 23.6. The molecular weight excluding hydrogens is 596 g/mol. The van der Waals surface area contributed by atoms with Crippen LogP contribution in [0.3, 0.4) is 0 Å². The third kappa shape index (κ3) is 8.47. The average molecular weight is 629 g/mol. The quantitative estimate of drug-likeness (QED) is 0.172. The van der Waals surface area contributed by atoms with E-state index in [0.717, 1.165) is 12.1 Å². The van der Waals surface area contributed by atoms with E-state index in [2.05, 4.69) is 26.7 Å². The predicted molar refractivity (Wildman–Crippen MR) is 172 cm³/mol. The van der Waals surface area contributed by atoms with Crippen LogP contribution in [0.1, 0.15) is 17.7 Å². The number of benzene rings is 2. The minimum absolute atomic E-state index is 0.0321. The van der Waals surface area contributed by atoms with E-state index in [9.17, 15) is 10.1 Å². The highest BCUT2D eigenvalue weighted by Crippen LogP contribution is 2.38. The van der Waals surface area contributed by atoms with Gasteiger partial charge >= 0.3 is 0 Å². The lowest BCUT2D eigenvalue weighted by Gasteiger charge is -2.19. The van der Waals surface area contributed by atoms with Crippen molar-refractivity contribution >= 4 is 45.5 Å². The van der Waals surface area contributed by atoms with Crippen LogP contribution in [0.4, 0.5) is 17.1 Å². The number of rotatable bonds is 13. The molecule has 5 rings (SSSR count). The Morgan fingerprint density at radius 3 is 2.87 bits per heavy atom. The highest BCUT2D eigenvalue weighted by atomic mass is 35.5. The van der Waals surface area contributed by atoms with Crippen molar-refractivity contribution in [3.8, 4) is 17.6 Å². The van der Waals surface area contributed by atoms with E-state index in [1.807, 2.05) is 30.1 Å². The van der Waals surface area contributed by atoms with Gasteiger partial charge in [0.1, 0.15) is 30.3 Å². The number of anilines is 3. The van der Waals surface area contributed by atoms with Crippen LogP contribution in [0.15, 0.2) is 73.1 Å². The second-order valence-corrected chi connectivity index (χ2v) is 10.8. The number of fused-ring (bicyclic) bond motifs is 1. The van der Waals surface area contributed by atoms with Gasteiger partial charge in [0.25, 0.3) is 0 Å². The zero-order valence-electron chi connectivity index (χ0n) is 24.7. The molecule has 1 aliphatic heterocycles. The van der Waals surface area contributed by atoms with Crippen LogP contribution >= 0.6 is 11.6 Å². The van der Waals surface area contributed by atoms with Crippen LogP contribution in [-0.2, 0) is 16.1 Å². The summed E-state index contributed by atoms with van der Waals surface area (Å²) in [5, 5.41) is 26.3. The number of carbonyl (C=O) groups is 1. The van der Waals surface area contributed by atoms with Gasteiger partial charge in [0.05, 0.1) is 53.0 Å². The monoisotopic (exact) mass is 628 g/mol. The van der Waals surface area contributed by atoms with E-state index in [4.69, 9.17) is 30.9 Å². The number of hydrogen-bond donors (Lipinski definition) is 3. The standard InChI is InChI=1S/C33H33ClN6O5/c1-40(12-13-41)11-4-6-32(42)39-29-16-26-28(17-31(29)45-25-9-14-43-21-25)37-19-22(18-35)33(26)38-23-7-8-30(27(34)15-23)44-20-24-5-2-3-10-36-24/h2-8,10,15-17,19,25,41H,9,11-14,20-21H2,1H3,(H,37,38)(H,39,42). The lowest BCUT2D eigenvalue weighted by atomic mass is 10.1. The molecule has 1 amide bonds. The number of nitrogens with one attached hydrogen (secondary N) is 2. The number of aliphatic hydroxyl groups excluding tert-OH is 1. The lowest BCUT2D eigenvalue weighted by molar-refractivity contribution is -0.111. The molecule has 1 atom stereocenters. The van der Waals surface area contributed by atoms with E-state index < -0.39 is 0 Å². The summed E-state index contributed by atoms with van der Waals surface area (Å²) in [7, 11) is 1.85. The van der Waals surface area contributed by atoms with Gasteiger partial charge in [-0.15, -0.1) is 0 Å². The largest absolute Gasteiger partial charge is 0.486 e. The third-order valence-corrected chi connectivity index (χ3v) is 7.30. The van der Waals surface area contributed by atoms with Gasteiger partial charge in [0, 0.05) is 55.1 Å². The van der Waals surface area contributed by atoms with Gasteiger partial charge in [-0.3, -0.25) is 14.8 Å². The summed E-state index contributed by atoms with van der Waals surface area (Å²) < 4.78 is 17.6. The van der Waals surface area contributed by atoms with Crippen LogP contribution in [0.2, 0.25) is 5.02 Å². The smallest absolute Gasteiger partial charge is 0.248 e. The average Bonchev–Trinajstić information content (AvgIpc) is 3.55. The molecule has 232 valence electrons. The number of amides is 1. The fourth-order valence-electron chi connectivity index (χ4n) is 4.67. The van der Waals surface area contributed by atoms with E-state index in [-0.39, 0.29) is 25.2 Å². The van der Waals surface area contributed by atoms with E-state index in [1.54, 1.807) is 42.6 Å². The topological polar surface area (TPSA) is 142 Å². The minimum atomic E-state index is -0.355. The normalized spacial score (nSPS) is 14.5. The molecule has 2 aromatic carbocycles. The zero-order chi connectivity index (χ0) is 31.6. The zero-order valence-corrected chi connectivity index (χ0v) is 25.5. The molecule has 0 spiro atoms. The molecular formula is C33H33ClN6O5.